The van der Waals surface area contributed by atoms with Gasteiger partial charge in [0.1, 0.15) is 0 Å². The first-order valence-corrected chi connectivity index (χ1v) is 8.00. The molecule has 3 nitrogen and oxygen atoms in total. The summed E-state index contributed by atoms with van der Waals surface area (Å²) in [5, 5.41) is 8.79. The number of hydrogen-bond acceptors (Lipinski definition) is 2. The summed E-state index contributed by atoms with van der Waals surface area (Å²) in [4.78, 5) is 0. The molecule has 2 aromatic rings. The van der Waals surface area contributed by atoms with Crippen molar-refractivity contribution < 1.29 is 0 Å². The molecule has 1 unspecified atom stereocenters. The normalized spacial score (nSPS) is 18.1. The van der Waals surface area contributed by atoms with Crippen LogP contribution in [0.5, 0.6) is 0 Å². The fourth-order valence-electron chi connectivity index (χ4n) is 2.82. The summed E-state index contributed by atoms with van der Waals surface area (Å²) in [6.45, 7) is 0.783. The summed E-state index contributed by atoms with van der Waals surface area (Å²) >= 11 is 9.70. The second-order valence-corrected chi connectivity index (χ2v) is 6.55. The zero-order valence-corrected chi connectivity index (χ0v) is 13.7. The van der Waals surface area contributed by atoms with Crippen LogP contribution in [0.1, 0.15) is 35.7 Å². The van der Waals surface area contributed by atoms with Gasteiger partial charge in [-0.1, -0.05) is 33.6 Å². The van der Waals surface area contributed by atoms with E-state index in [0.717, 1.165) is 34.4 Å². The van der Waals surface area contributed by atoms with Crippen molar-refractivity contribution in [2.45, 2.75) is 31.8 Å². The Bertz CT molecular complexity index is 624. The van der Waals surface area contributed by atoms with Gasteiger partial charge in [0.05, 0.1) is 6.20 Å². The molecule has 0 saturated heterocycles. The smallest absolute Gasteiger partial charge is 0.0540 e. The maximum Gasteiger partial charge on any atom is 0.0540 e. The fraction of sp³-hybridized carbons (Fsp3) is 0.400. The molecule has 3 rings (SSSR count). The molecular weight excluding hydrogens is 338 g/mol. The molecule has 0 fully saturated rings. The fourth-order valence-corrected chi connectivity index (χ4v) is 3.56. The van der Waals surface area contributed by atoms with Crippen molar-refractivity contribution in [3.63, 3.8) is 0 Å². The maximum atomic E-state index is 6.27. The van der Waals surface area contributed by atoms with Crippen molar-refractivity contribution in [1.82, 2.24) is 15.1 Å². The third-order valence-electron chi connectivity index (χ3n) is 3.93. The largest absolute Gasteiger partial charge is 0.306 e. The molecule has 1 aromatic heterocycles. The van der Waals surface area contributed by atoms with Gasteiger partial charge >= 0.3 is 0 Å². The minimum Gasteiger partial charge on any atom is -0.306 e. The van der Waals surface area contributed by atoms with Gasteiger partial charge in [-0.15, -0.1) is 0 Å². The van der Waals surface area contributed by atoms with Crippen molar-refractivity contribution in [3.05, 3.63) is 50.7 Å². The first-order chi connectivity index (χ1) is 9.65. The Labute approximate surface area is 132 Å². The summed E-state index contributed by atoms with van der Waals surface area (Å²) < 4.78 is 3.01. The van der Waals surface area contributed by atoms with Crippen molar-refractivity contribution in [1.29, 1.82) is 0 Å². The quantitative estimate of drug-likeness (QED) is 0.903. The third-order valence-corrected chi connectivity index (χ3v) is 4.77. The predicted molar refractivity (Wildman–Crippen MR) is 84.9 cm³/mol. The second kappa shape index (κ2) is 5.88. The minimum absolute atomic E-state index is 0.382. The van der Waals surface area contributed by atoms with Crippen LogP contribution in [-0.2, 0) is 20.0 Å². The van der Waals surface area contributed by atoms with Crippen molar-refractivity contribution in [2.75, 3.05) is 0 Å². The molecule has 0 radical (unpaired) electrons. The van der Waals surface area contributed by atoms with Gasteiger partial charge in [0, 0.05) is 40.4 Å². The van der Waals surface area contributed by atoms with Crippen molar-refractivity contribution in [3.8, 4) is 0 Å². The molecule has 106 valence electrons. The number of nitrogens with one attached hydrogen (secondary N) is 1. The summed E-state index contributed by atoms with van der Waals surface area (Å²) in [5.41, 5.74) is 3.83. The van der Waals surface area contributed by atoms with Crippen molar-refractivity contribution in [2.24, 2.45) is 7.05 Å². The molecule has 0 bridgehead atoms. The van der Waals surface area contributed by atoms with E-state index in [1.165, 1.54) is 17.7 Å². The van der Waals surface area contributed by atoms with Gasteiger partial charge in [0.15, 0.2) is 0 Å². The molecule has 5 heteroatoms. The van der Waals surface area contributed by atoms with E-state index < -0.39 is 0 Å². The van der Waals surface area contributed by atoms with E-state index in [4.69, 9.17) is 11.6 Å². The lowest BCUT2D eigenvalue weighted by atomic mass is 9.93. The van der Waals surface area contributed by atoms with Crippen LogP contribution in [0.3, 0.4) is 0 Å². The molecule has 20 heavy (non-hydrogen) atoms. The number of hydrogen-bond donors (Lipinski definition) is 1. The summed E-state index contributed by atoms with van der Waals surface area (Å²) in [7, 11) is 2.02. The molecule has 1 aromatic carbocycles. The van der Waals surface area contributed by atoms with E-state index in [9.17, 15) is 0 Å². The van der Waals surface area contributed by atoms with Crippen LogP contribution in [0, 0.1) is 0 Å². The first kappa shape index (κ1) is 14.1. The van der Waals surface area contributed by atoms with E-state index in [1.807, 2.05) is 30.1 Å². The monoisotopic (exact) mass is 353 g/mol. The molecule has 1 aliphatic rings. The van der Waals surface area contributed by atoms with Gasteiger partial charge in [-0.25, -0.2) is 0 Å². The third kappa shape index (κ3) is 2.78. The Morgan fingerprint density at radius 3 is 3.15 bits per heavy atom. The molecular formula is C15H17BrClN3. The first-order valence-electron chi connectivity index (χ1n) is 6.83. The highest BCUT2D eigenvalue weighted by atomic mass is 79.9. The lowest BCUT2D eigenvalue weighted by Crippen LogP contribution is -2.25. The number of benzene rings is 1. The van der Waals surface area contributed by atoms with Crippen molar-refractivity contribution >= 4 is 27.5 Å². The maximum absolute atomic E-state index is 6.27. The van der Waals surface area contributed by atoms with Crippen LogP contribution in [0.15, 0.2) is 28.9 Å². The van der Waals surface area contributed by atoms with E-state index in [-0.39, 0.29) is 0 Å². The number of aromatic nitrogens is 2. The van der Waals surface area contributed by atoms with Gasteiger partial charge in [-0.2, -0.15) is 5.10 Å². The average molecular weight is 355 g/mol. The van der Waals surface area contributed by atoms with Crippen LogP contribution >= 0.6 is 27.5 Å². The van der Waals surface area contributed by atoms with Crippen LogP contribution in [0.4, 0.5) is 0 Å². The van der Waals surface area contributed by atoms with E-state index in [1.54, 1.807) is 0 Å². The molecule has 0 aliphatic heterocycles. The Hall–Kier alpha value is -0.840. The van der Waals surface area contributed by atoms with Crippen LogP contribution < -0.4 is 5.32 Å². The lowest BCUT2D eigenvalue weighted by Gasteiger charge is -2.24. The van der Waals surface area contributed by atoms with Gasteiger partial charge in [0.2, 0.25) is 0 Å². The number of halogens is 2. The summed E-state index contributed by atoms with van der Waals surface area (Å²) in [5.74, 6) is 0. The summed E-state index contributed by atoms with van der Waals surface area (Å²) in [6, 6.07) is 6.41. The summed E-state index contributed by atoms with van der Waals surface area (Å²) in [6.07, 6.45) is 5.49. The molecule has 1 N–H and O–H groups in total. The van der Waals surface area contributed by atoms with Gasteiger partial charge < -0.3 is 5.32 Å². The standard InChI is InChI=1S/C15H17BrClN3/c1-20-15-4-2-3-14(12(15)9-19-20)18-8-10-5-6-11(16)7-13(10)17/h5-7,9,14,18H,2-4,8H2,1H3. The van der Waals surface area contributed by atoms with Gasteiger partial charge in [-0.3, -0.25) is 4.68 Å². The average Bonchev–Trinajstić information content (AvgIpc) is 2.80. The number of nitrogens with zero attached hydrogens (tertiary/aromatic N) is 2. The highest BCUT2D eigenvalue weighted by Gasteiger charge is 2.22. The number of rotatable bonds is 3. The Morgan fingerprint density at radius 1 is 1.50 bits per heavy atom. The zero-order chi connectivity index (χ0) is 14.1. The molecule has 0 spiro atoms. The second-order valence-electron chi connectivity index (χ2n) is 5.23. The van der Waals surface area contributed by atoms with Crippen LogP contribution in [-0.4, -0.2) is 9.78 Å². The van der Waals surface area contributed by atoms with E-state index in [2.05, 4.69) is 32.4 Å². The predicted octanol–water partition coefficient (Wildman–Crippen LogP) is 4.00. The highest BCUT2D eigenvalue weighted by molar-refractivity contribution is 9.10. The number of aryl methyl sites for hydroxylation is 1. The Kier molecular flexibility index (Phi) is 4.15. The number of fused-ring (bicyclic) bond motifs is 1. The minimum atomic E-state index is 0.382. The highest BCUT2D eigenvalue weighted by Crippen LogP contribution is 2.30. The zero-order valence-electron chi connectivity index (χ0n) is 11.4. The molecule has 1 heterocycles. The van der Waals surface area contributed by atoms with Crippen LogP contribution in [0.25, 0.3) is 0 Å². The molecule has 1 aliphatic carbocycles. The molecule has 1 atom stereocenters. The van der Waals surface area contributed by atoms with E-state index >= 15 is 0 Å². The lowest BCUT2D eigenvalue weighted by molar-refractivity contribution is 0.452. The molecule has 0 amide bonds. The molecule has 0 saturated carbocycles. The Balaban J connectivity index is 1.73. The van der Waals surface area contributed by atoms with Gasteiger partial charge in [-0.05, 0) is 37.0 Å². The Morgan fingerprint density at radius 2 is 2.35 bits per heavy atom. The van der Waals surface area contributed by atoms with E-state index in [0.29, 0.717) is 6.04 Å². The van der Waals surface area contributed by atoms with Crippen LogP contribution in [0.2, 0.25) is 5.02 Å². The topological polar surface area (TPSA) is 29.9 Å². The van der Waals surface area contributed by atoms with Gasteiger partial charge in [0.25, 0.3) is 0 Å². The SMILES string of the molecule is Cn1ncc2c1CCCC2NCc1ccc(Br)cc1Cl.